The van der Waals surface area contributed by atoms with Crippen LogP contribution in [0.5, 0.6) is 5.75 Å². The smallest absolute Gasteiger partial charge is 0.251 e. The Hall–Kier alpha value is -1.59. The van der Waals surface area contributed by atoms with E-state index in [1.807, 2.05) is 4.90 Å². The molecular formula is C21H30N2O3. The molecule has 142 valence electrons. The Morgan fingerprint density at radius 2 is 1.73 bits per heavy atom. The first-order valence-electron chi connectivity index (χ1n) is 10.2. The summed E-state index contributed by atoms with van der Waals surface area (Å²) in [6.45, 7) is 5.77. The summed E-state index contributed by atoms with van der Waals surface area (Å²) in [6.07, 6.45) is 6.33. The first kappa shape index (κ1) is 17.8. The molecule has 1 amide bonds. The van der Waals surface area contributed by atoms with Crippen LogP contribution < -0.4 is 4.74 Å². The van der Waals surface area contributed by atoms with Crippen LogP contribution in [0.2, 0.25) is 0 Å². The van der Waals surface area contributed by atoms with E-state index in [0.717, 1.165) is 57.7 Å². The molecule has 1 atom stereocenters. The topological polar surface area (TPSA) is 42.0 Å². The molecule has 0 radical (unpaired) electrons. The van der Waals surface area contributed by atoms with Gasteiger partial charge in [0.05, 0.1) is 0 Å². The summed E-state index contributed by atoms with van der Waals surface area (Å²) in [6, 6.07) is 8.55. The molecule has 26 heavy (non-hydrogen) atoms. The highest BCUT2D eigenvalue weighted by Gasteiger charge is 2.31. The molecule has 1 unspecified atom stereocenters. The second-order valence-corrected chi connectivity index (χ2v) is 7.77. The van der Waals surface area contributed by atoms with Crippen molar-refractivity contribution in [2.45, 2.75) is 57.3 Å². The van der Waals surface area contributed by atoms with E-state index < -0.39 is 0 Å². The van der Waals surface area contributed by atoms with Gasteiger partial charge >= 0.3 is 0 Å². The quantitative estimate of drug-likeness (QED) is 0.812. The van der Waals surface area contributed by atoms with Crippen LogP contribution in [0.1, 0.15) is 44.1 Å². The molecule has 0 N–H and O–H groups in total. The minimum atomic E-state index is -0.199. The molecule has 5 heteroatoms. The van der Waals surface area contributed by atoms with Crippen molar-refractivity contribution >= 4 is 5.91 Å². The van der Waals surface area contributed by atoms with E-state index in [-0.39, 0.29) is 18.1 Å². The van der Waals surface area contributed by atoms with Gasteiger partial charge in [-0.25, -0.2) is 0 Å². The van der Waals surface area contributed by atoms with Crippen molar-refractivity contribution in [3.63, 3.8) is 0 Å². The highest BCUT2D eigenvalue weighted by molar-refractivity contribution is 5.81. The predicted molar refractivity (Wildman–Crippen MR) is 100 cm³/mol. The predicted octanol–water partition coefficient (Wildman–Crippen LogP) is 2.83. The average Bonchev–Trinajstić information content (AvgIpc) is 3.37. The second-order valence-electron chi connectivity index (χ2n) is 7.77. The fraction of sp³-hybridized carbons (Fsp3) is 0.667. The number of carbonyl (C=O) groups excluding carboxylic acids is 1. The van der Waals surface area contributed by atoms with Crippen molar-refractivity contribution in [2.75, 3.05) is 32.8 Å². The first-order chi connectivity index (χ1) is 12.8. The van der Waals surface area contributed by atoms with Crippen molar-refractivity contribution < 1.29 is 14.3 Å². The molecule has 3 fully saturated rings. The minimum Gasteiger partial charge on any atom is -0.490 e. The van der Waals surface area contributed by atoms with E-state index in [2.05, 4.69) is 29.2 Å². The fourth-order valence-electron chi connectivity index (χ4n) is 4.23. The molecule has 1 aromatic rings. The molecule has 3 saturated heterocycles. The van der Waals surface area contributed by atoms with Crippen LogP contribution in [-0.4, -0.2) is 60.7 Å². The standard InChI is InChI=1S/C21H30N2O3/c24-21(20-4-3-15-25-20)23-13-9-19(10-14-23)26-18-7-5-17(6-8-18)16-22-11-1-2-12-22/h5-8,19-20H,1-4,9-16H2. The lowest BCUT2D eigenvalue weighted by atomic mass is 10.1. The number of hydrogen-bond acceptors (Lipinski definition) is 4. The van der Waals surface area contributed by atoms with Crippen molar-refractivity contribution in [3.05, 3.63) is 29.8 Å². The molecule has 4 rings (SSSR count). The Kier molecular flexibility index (Phi) is 5.75. The molecule has 5 nitrogen and oxygen atoms in total. The molecular weight excluding hydrogens is 328 g/mol. The summed E-state index contributed by atoms with van der Waals surface area (Å²) in [4.78, 5) is 16.9. The van der Waals surface area contributed by atoms with Crippen LogP contribution in [0.15, 0.2) is 24.3 Å². The summed E-state index contributed by atoms with van der Waals surface area (Å²) in [7, 11) is 0. The van der Waals surface area contributed by atoms with Crippen LogP contribution in [-0.2, 0) is 16.1 Å². The molecule has 3 heterocycles. The van der Waals surface area contributed by atoms with Crippen LogP contribution in [0.4, 0.5) is 0 Å². The van der Waals surface area contributed by atoms with Gasteiger partial charge in [0.25, 0.3) is 5.91 Å². The van der Waals surface area contributed by atoms with Gasteiger partial charge in [-0.15, -0.1) is 0 Å². The number of rotatable bonds is 5. The third kappa shape index (κ3) is 4.38. The van der Waals surface area contributed by atoms with Gasteiger partial charge in [0.15, 0.2) is 0 Å². The Morgan fingerprint density at radius 1 is 1.00 bits per heavy atom. The SMILES string of the molecule is O=C(C1CCCO1)N1CCC(Oc2ccc(CN3CCCC3)cc2)CC1. The monoisotopic (exact) mass is 358 g/mol. The van der Waals surface area contributed by atoms with Gasteiger partial charge in [-0.1, -0.05) is 12.1 Å². The van der Waals surface area contributed by atoms with Crippen molar-refractivity contribution in [1.29, 1.82) is 0 Å². The number of carbonyl (C=O) groups is 1. The van der Waals surface area contributed by atoms with Gasteiger partial charge in [0.1, 0.15) is 18.0 Å². The van der Waals surface area contributed by atoms with E-state index in [0.29, 0.717) is 0 Å². The first-order valence-corrected chi connectivity index (χ1v) is 10.2. The number of likely N-dealkylation sites (tertiary alicyclic amines) is 2. The van der Waals surface area contributed by atoms with Crippen molar-refractivity contribution in [1.82, 2.24) is 9.80 Å². The molecule has 0 saturated carbocycles. The highest BCUT2D eigenvalue weighted by Crippen LogP contribution is 2.23. The van der Waals surface area contributed by atoms with Gasteiger partial charge in [-0.2, -0.15) is 0 Å². The van der Waals surface area contributed by atoms with E-state index in [9.17, 15) is 4.79 Å². The third-order valence-corrected chi connectivity index (χ3v) is 5.79. The lowest BCUT2D eigenvalue weighted by Crippen LogP contribution is -2.45. The van der Waals surface area contributed by atoms with E-state index in [4.69, 9.17) is 9.47 Å². The molecule has 0 aliphatic carbocycles. The zero-order valence-corrected chi connectivity index (χ0v) is 15.6. The normalized spacial score (nSPS) is 24.9. The maximum atomic E-state index is 12.4. The Bertz CT molecular complexity index is 584. The van der Waals surface area contributed by atoms with Gasteiger partial charge in [-0.3, -0.25) is 9.69 Å². The number of benzene rings is 1. The third-order valence-electron chi connectivity index (χ3n) is 5.79. The number of piperidine rings is 1. The maximum Gasteiger partial charge on any atom is 0.251 e. The van der Waals surface area contributed by atoms with Gasteiger partial charge in [-0.05, 0) is 56.5 Å². The Labute approximate surface area is 156 Å². The van der Waals surface area contributed by atoms with Gasteiger partial charge in [0, 0.05) is 39.1 Å². The minimum absolute atomic E-state index is 0.173. The zero-order chi connectivity index (χ0) is 17.8. The number of hydrogen-bond donors (Lipinski definition) is 0. The summed E-state index contributed by atoms with van der Waals surface area (Å²) >= 11 is 0. The number of ether oxygens (including phenoxy) is 2. The molecule has 0 aromatic heterocycles. The highest BCUT2D eigenvalue weighted by atomic mass is 16.5. The van der Waals surface area contributed by atoms with Gasteiger partial charge < -0.3 is 14.4 Å². The molecule has 3 aliphatic heterocycles. The van der Waals surface area contributed by atoms with Crippen LogP contribution in [0, 0.1) is 0 Å². The van der Waals surface area contributed by atoms with E-state index in [1.54, 1.807) is 0 Å². The van der Waals surface area contributed by atoms with E-state index in [1.165, 1.54) is 31.5 Å². The van der Waals surface area contributed by atoms with Crippen LogP contribution >= 0.6 is 0 Å². The summed E-state index contributed by atoms with van der Waals surface area (Å²) in [5.74, 6) is 1.12. The van der Waals surface area contributed by atoms with E-state index >= 15 is 0 Å². The fourth-order valence-corrected chi connectivity index (χ4v) is 4.23. The van der Waals surface area contributed by atoms with Crippen LogP contribution in [0.3, 0.4) is 0 Å². The Balaban J connectivity index is 1.23. The van der Waals surface area contributed by atoms with Crippen molar-refractivity contribution in [3.8, 4) is 5.75 Å². The number of amides is 1. The number of nitrogens with zero attached hydrogens (tertiary/aromatic N) is 2. The molecule has 0 spiro atoms. The van der Waals surface area contributed by atoms with Crippen molar-refractivity contribution in [2.24, 2.45) is 0 Å². The molecule has 3 aliphatic rings. The lowest BCUT2D eigenvalue weighted by Gasteiger charge is -2.33. The maximum absolute atomic E-state index is 12.4. The summed E-state index contributed by atoms with van der Waals surface area (Å²) in [5.41, 5.74) is 1.36. The second kappa shape index (κ2) is 8.40. The Morgan fingerprint density at radius 3 is 2.38 bits per heavy atom. The summed E-state index contributed by atoms with van der Waals surface area (Å²) in [5, 5.41) is 0. The summed E-state index contributed by atoms with van der Waals surface area (Å²) < 4.78 is 11.7. The van der Waals surface area contributed by atoms with Crippen LogP contribution in [0.25, 0.3) is 0 Å². The molecule has 1 aromatic carbocycles. The average molecular weight is 358 g/mol. The van der Waals surface area contributed by atoms with Gasteiger partial charge in [0.2, 0.25) is 0 Å². The molecule has 0 bridgehead atoms. The zero-order valence-electron chi connectivity index (χ0n) is 15.6. The largest absolute Gasteiger partial charge is 0.490 e. The lowest BCUT2D eigenvalue weighted by molar-refractivity contribution is -0.142.